The first-order valence-corrected chi connectivity index (χ1v) is 26.6. The molecular weight excluding hydrogens is 1100 g/mol. The Labute approximate surface area is 406 Å². The Kier molecular flexibility index (Phi) is 14.3. The molecule has 0 aromatic carbocycles. The number of imidazole rings is 2. The summed E-state index contributed by atoms with van der Waals surface area (Å²) in [5.74, 6) is -0.880. The van der Waals surface area contributed by atoms with E-state index in [0.717, 1.165) is 26.5 Å². The second-order valence-electron chi connectivity index (χ2n) is 16.1. The van der Waals surface area contributed by atoms with E-state index in [1.807, 2.05) is 0 Å². The molecule has 3 fully saturated rings. The molecule has 4 unspecified atom stereocenters. The highest BCUT2D eigenvalue weighted by atomic mass is 31.3. The number of aromatic nitrogens is 13. The van der Waals surface area contributed by atoms with Crippen molar-refractivity contribution in [3.05, 3.63) is 39.7 Å². The molecule has 9 rings (SSSR count). The molecule has 16 atom stereocenters. The fraction of sp³-hybridized carbons (Fsp3) is 0.533. The van der Waals surface area contributed by atoms with Gasteiger partial charge >= 0.3 is 36.9 Å². The lowest BCUT2D eigenvalue weighted by atomic mass is 10.1. The molecule has 404 valence electrons. The molecule has 3 aliphatic heterocycles. The standard InChI is InChI=1S/C30H39FN16O23P4/c1-44-7-46(23-14(44)25(53)41-30(34)39-23)27-17(50)15(48)8(65-27)3-63-72(56,57)69-74(60,61)70-73(58,59)64-4-10-19(11(31)26(67-10)45-6-37-12-20(32)35-5-36-21(12)45)68-71(54,55)62-2-9-16(49)18(51)28(66-9)47-22-13(42-43-47)24(52)40-29(33)38-22/h5-11,15-19,26-28,48-51H,2-4H2,1H3,(H11-,32,33,34,35,36,38,39,40,41,43,52,53,54,55,56,57,58,59,60,61)/p+1/t8-,9+,10+,11+,15-,16+,17-,18+,19+,26+,27-,28+/m0/s1. The lowest BCUT2D eigenvalue weighted by Gasteiger charge is -2.24. The van der Waals surface area contributed by atoms with Crippen molar-refractivity contribution in [2.45, 2.75) is 73.7 Å². The van der Waals surface area contributed by atoms with E-state index in [1.165, 1.54) is 17.9 Å². The quantitative estimate of drug-likeness (QED) is 0.0283. The third kappa shape index (κ3) is 10.5. The Morgan fingerprint density at radius 1 is 0.730 bits per heavy atom. The minimum absolute atomic E-state index is 0.0373. The number of nitrogen functional groups attached to an aromatic ring is 3. The molecule has 6 aromatic heterocycles. The van der Waals surface area contributed by atoms with E-state index in [-0.39, 0.29) is 51.2 Å². The number of nitrogens with zero attached hydrogens (tertiary/aromatic N) is 11. The van der Waals surface area contributed by atoms with E-state index in [0.29, 0.717) is 0 Å². The number of phosphoric ester groups is 3. The molecule has 39 nitrogen and oxygen atoms in total. The van der Waals surface area contributed by atoms with E-state index in [2.05, 4.69) is 58.3 Å². The van der Waals surface area contributed by atoms with Gasteiger partial charge in [0, 0.05) is 0 Å². The van der Waals surface area contributed by atoms with Crippen molar-refractivity contribution >= 4 is 82.5 Å². The van der Waals surface area contributed by atoms with Gasteiger partial charge in [0.25, 0.3) is 17.1 Å². The van der Waals surface area contributed by atoms with Gasteiger partial charge < -0.3 is 71.4 Å². The third-order valence-electron chi connectivity index (χ3n) is 11.1. The number of hydrogen-bond acceptors (Lipinski definition) is 29. The van der Waals surface area contributed by atoms with Crippen LogP contribution in [-0.2, 0) is 66.2 Å². The predicted octanol–water partition coefficient (Wildman–Crippen LogP) is -4.99. The Hall–Kier alpha value is -5.25. The van der Waals surface area contributed by atoms with Crippen molar-refractivity contribution in [1.82, 2.24) is 59.0 Å². The smallest absolute Gasteiger partial charge is 0.387 e. The van der Waals surface area contributed by atoms with Gasteiger partial charge in [0.15, 0.2) is 47.6 Å². The molecule has 3 aliphatic rings. The number of phosphoric acid groups is 4. The van der Waals surface area contributed by atoms with Crippen LogP contribution in [0.3, 0.4) is 0 Å². The zero-order valence-electron chi connectivity index (χ0n) is 36.8. The summed E-state index contributed by atoms with van der Waals surface area (Å²) in [5.41, 5.74) is 14.5. The number of ether oxygens (including phenoxy) is 3. The van der Waals surface area contributed by atoms with Crippen LogP contribution in [0.25, 0.3) is 33.5 Å². The van der Waals surface area contributed by atoms with Crippen LogP contribution in [0.4, 0.5) is 22.1 Å². The third-order valence-corrected chi connectivity index (χ3v) is 16.4. The molecule has 74 heavy (non-hydrogen) atoms. The molecular formula is C30H40FN16O23P4+. The Bertz CT molecular complexity index is 3450. The van der Waals surface area contributed by atoms with Gasteiger partial charge in [-0.15, -0.1) is 5.10 Å². The summed E-state index contributed by atoms with van der Waals surface area (Å²) in [6.45, 7) is -3.71. The highest BCUT2D eigenvalue weighted by Crippen LogP contribution is 2.68. The van der Waals surface area contributed by atoms with E-state index in [1.54, 1.807) is 0 Å². The van der Waals surface area contributed by atoms with Crippen LogP contribution in [0, 0.1) is 0 Å². The van der Waals surface area contributed by atoms with Crippen molar-refractivity contribution in [1.29, 1.82) is 0 Å². The van der Waals surface area contributed by atoms with Crippen LogP contribution in [0.2, 0.25) is 0 Å². The first kappa shape index (κ1) is 53.6. The number of nitrogens with one attached hydrogen (secondary N) is 2. The summed E-state index contributed by atoms with van der Waals surface area (Å²) in [4.78, 5) is 90.5. The van der Waals surface area contributed by atoms with E-state index >= 15 is 4.39 Å². The molecule has 0 spiro atoms. The van der Waals surface area contributed by atoms with Crippen LogP contribution >= 0.6 is 31.3 Å². The van der Waals surface area contributed by atoms with Crippen molar-refractivity contribution < 1.29 is 108 Å². The number of aliphatic hydroxyl groups is 4. The average Bonchev–Trinajstić information content (AvgIpc) is 4.15. The van der Waals surface area contributed by atoms with Gasteiger partial charge in [0.2, 0.25) is 17.7 Å². The lowest BCUT2D eigenvalue weighted by Crippen LogP contribution is -2.46. The molecule has 3 saturated heterocycles. The zero-order valence-corrected chi connectivity index (χ0v) is 40.4. The molecule has 9 heterocycles. The molecule has 44 heteroatoms. The zero-order chi connectivity index (χ0) is 53.6. The summed E-state index contributed by atoms with van der Waals surface area (Å²) >= 11 is 0. The minimum Gasteiger partial charge on any atom is -0.387 e. The largest absolute Gasteiger partial charge is 0.490 e. The van der Waals surface area contributed by atoms with E-state index in [4.69, 9.17) is 45.0 Å². The maximum absolute atomic E-state index is 16.5. The number of halogens is 1. The number of hydrogen-bond donors (Lipinski definition) is 13. The molecule has 0 bridgehead atoms. The molecule has 0 amide bonds. The summed E-state index contributed by atoms with van der Waals surface area (Å²) in [6.07, 6.45) is -19.9. The normalized spacial score (nSPS) is 30.7. The number of H-pyrrole nitrogens is 2. The van der Waals surface area contributed by atoms with Crippen LogP contribution in [-0.4, -0.2) is 174 Å². The van der Waals surface area contributed by atoms with Crippen LogP contribution in [0.5, 0.6) is 0 Å². The first-order valence-electron chi connectivity index (χ1n) is 20.6. The SMILES string of the molecule is Cn1c[n+]([C@H]2O[C@@H](COP(=O)(O)OP(=O)(O)OP(=O)(O)OC[C@H]3O[C@@H](n4cnc5c(N)ncnc54)[C@H](F)[C@@H]3OP(=O)(O)OC[C@H]3O[C@@H](n4nnc5c(=O)[nH]c(N)nc54)[C@H](O)[C@@H]3O)[C@H](O)[C@@H]2O)c2nc(N)[nH]c(=O)c21. The maximum Gasteiger partial charge on any atom is 0.490 e. The summed E-state index contributed by atoms with van der Waals surface area (Å²) in [7, 11) is -22.4. The van der Waals surface area contributed by atoms with Crippen LogP contribution in [0.1, 0.15) is 18.7 Å². The predicted molar refractivity (Wildman–Crippen MR) is 231 cm³/mol. The fourth-order valence-corrected chi connectivity index (χ4v) is 12.4. The van der Waals surface area contributed by atoms with Gasteiger partial charge in [-0.05, 0) is 0 Å². The molecule has 16 N–H and O–H groups in total. The number of nitrogens with two attached hydrogens (primary N) is 3. The summed E-state index contributed by atoms with van der Waals surface area (Å²) in [5, 5.41) is 50.2. The summed E-state index contributed by atoms with van der Waals surface area (Å²) < 4.78 is 117. The van der Waals surface area contributed by atoms with Crippen molar-refractivity contribution in [3.63, 3.8) is 0 Å². The molecule has 0 aliphatic carbocycles. The number of alkyl halides is 1. The Balaban J connectivity index is 0.850. The van der Waals surface area contributed by atoms with E-state index in [9.17, 15) is 67.8 Å². The van der Waals surface area contributed by atoms with Crippen molar-refractivity contribution in [2.75, 3.05) is 37.0 Å². The Morgan fingerprint density at radius 2 is 1.32 bits per heavy atom. The average molecular weight is 1140 g/mol. The van der Waals surface area contributed by atoms with Crippen LogP contribution < -0.4 is 32.9 Å². The Morgan fingerprint density at radius 3 is 2.01 bits per heavy atom. The van der Waals surface area contributed by atoms with Crippen LogP contribution in [0.15, 0.2) is 28.6 Å². The fourth-order valence-electron chi connectivity index (χ4n) is 7.89. The summed E-state index contributed by atoms with van der Waals surface area (Å²) in [6, 6.07) is 0. The maximum atomic E-state index is 16.5. The number of rotatable bonds is 18. The number of anilines is 3. The van der Waals surface area contributed by atoms with Crippen molar-refractivity contribution in [3.8, 4) is 0 Å². The highest BCUT2D eigenvalue weighted by molar-refractivity contribution is 7.66. The van der Waals surface area contributed by atoms with Crippen molar-refractivity contribution in [2.24, 2.45) is 7.05 Å². The van der Waals surface area contributed by atoms with Gasteiger partial charge in [-0.2, -0.15) is 18.3 Å². The second-order valence-corrected chi connectivity index (χ2v) is 22.1. The highest BCUT2D eigenvalue weighted by Gasteiger charge is 2.54. The number of aliphatic hydroxyl groups excluding tert-OH is 4. The van der Waals surface area contributed by atoms with Gasteiger partial charge in [0.05, 0.1) is 33.2 Å². The number of aromatic amines is 2. The number of aryl methyl sites for hydroxylation is 1. The molecule has 6 aromatic rings. The van der Waals surface area contributed by atoms with Gasteiger partial charge in [-0.3, -0.25) is 46.8 Å². The second kappa shape index (κ2) is 19.7. The van der Waals surface area contributed by atoms with E-state index < -0.39 is 136 Å². The van der Waals surface area contributed by atoms with Gasteiger partial charge in [0.1, 0.15) is 60.7 Å². The van der Waals surface area contributed by atoms with Gasteiger partial charge in [-0.25, -0.2) is 42.2 Å². The first-order chi connectivity index (χ1) is 34.6. The molecule has 0 saturated carbocycles. The lowest BCUT2D eigenvalue weighted by molar-refractivity contribution is -0.745. The topological polar surface area (TPSA) is 566 Å². The minimum atomic E-state index is -6.25. The molecule has 0 radical (unpaired) electrons. The monoisotopic (exact) mass is 1140 g/mol. The van der Waals surface area contributed by atoms with Gasteiger partial charge in [-0.1, -0.05) is 10.2 Å². The number of fused-ring (bicyclic) bond motifs is 3.